The van der Waals surface area contributed by atoms with Crippen molar-refractivity contribution in [3.63, 3.8) is 0 Å². The molecule has 0 bridgehead atoms. The van der Waals surface area contributed by atoms with Gasteiger partial charge in [-0.2, -0.15) is 0 Å². The number of amides is 1. The summed E-state index contributed by atoms with van der Waals surface area (Å²) < 4.78 is 4.95. The molecule has 0 radical (unpaired) electrons. The van der Waals surface area contributed by atoms with Crippen molar-refractivity contribution in [2.75, 3.05) is 39.2 Å². The molecule has 0 unspecified atom stereocenters. The van der Waals surface area contributed by atoms with Crippen molar-refractivity contribution in [3.8, 4) is 0 Å². The Morgan fingerprint density at radius 2 is 2.15 bits per heavy atom. The van der Waals surface area contributed by atoms with Gasteiger partial charge >= 0.3 is 0 Å². The molecule has 0 aliphatic carbocycles. The first kappa shape index (κ1) is 17.6. The second-order valence-electron chi connectivity index (χ2n) is 3.96. The van der Waals surface area contributed by atoms with Gasteiger partial charge in [-0.3, -0.25) is 4.79 Å². The Balaban J connectivity index is 2.57. The lowest BCUT2D eigenvalue weighted by Crippen LogP contribution is -2.37. The summed E-state index contributed by atoms with van der Waals surface area (Å²) in [5.74, 6) is 0.168. The lowest BCUT2D eigenvalue weighted by atomic mass is 10.4. The Bertz CT molecular complexity index is 446. The fourth-order valence-electron chi connectivity index (χ4n) is 1.50. The number of carbonyl (C=O) groups excluding carboxylic acids is 1. The first-order valence-corrected chi connectivity index (χ1v) is 7.78. The van der Waals surface area contributed by atoms with E-state index in [1.54, 1.807) is 30.2 Å². The highest BCUT2D eigenvalue weighted by Crippen LogP contribution is 2.29. The standard InChI is InChI=1S/C13H17Cl2NO3S/c1-19-7-5-16(4-6-17)13(18)9-20-12-8-10(14)2-3-11(12)15/h2-3,8,17H,4-7,9H2,1H3. The average Bonchev–Trinajstić information content (AvgIpc) is 2.44. The number of benzene rings is 1. The maximum absolute atomic E-state index is 12.1. The number of aliphatic hydroxyl groups excluding tert-OH is 1. The minimum Gasteiger partial charge on any atom is -0.395 e. The second kappa shape index (κ2) is 9.47. The first-order chi connectivity index (χ1) is 9.58. The zero-order valence-corrected chi connectivity index (χ0v) is 13.5. The summed E-state index contributed by atoms with van der Waals surface area (Å²) in [6.45, 7) is 1.12. The molecule has 7 heteroatoms. The molecule has 112 valence electrons. The van der Waals surface area contributed by atoms with Crippen LogP contribution in [0.1, 0.15) is 0 Å². The highest BCUT2D eigenvalue weighted by Gasteiger charge is 2.14. The van der Waals surface area contributed by atoms with Crippen LogP contribution in [0.3, 0.4) is 0 Å². The van der Waals surface area contributed by atoms with Crippen LogP contribution >= 0.6 is 35.0 Å². The number of thioether (sulfide) groups is 1. The summed E-state index contributed by atoms with van der Waals surface area (Å²) in [6.07, 6.45) is 0. The van der Waals surface area contributed by atoms with Crippen molar-refractivity contribution < 1.29 is 14.6 Å². The molecule has 0 spiro atoms. The van der Waals surface area contributed by atoms with Crippen LogP contribution in [0.4, 0.5) is 0 Å². The molecule has 0 fully saturated rings. The number of rotatable bonds is 8. The number of hydrogen-bond acceptors (Lipinski definition) is 4. The molecule has 0 heterocycles. The molecule has 0 aliphatic heterocycles. The van der Waals surface area contributed by atoms with Gasteiger partial charge in [0.25, 0.3) is 0 Å². The maximum Gasteiger partial charge on any atom is 0.233 e. The molecular weight excluding hydrogens is 321 g/mol. The van der Waals surface area contributed by atoms with Gasteiger partial charge in [-0.25, -0.2) is 0 Å². The number of halogens is 2. The van der Waals surface area contributed by atoms with Crippen LogP contribution in [0.2, 0.25) is 10.0 Å². The van der Waals surface area contributed by atoms with Crippen LogP contribution < -0.4 is 0 Å². The van der Waals surface area contributed by atoms with E-state index in [1.807, 2.05) is 0 Å². The van der Waals surface area contributed by atoms with E-state index in [0.717, 1.165) is 4.90 Å². The van der Waals surface area contributed by atoms with E-state index in [2.05, 4.69) is 0 Å². The molecule has 1 N–H and O–H groups in total. The predicted molar refractivity (Wildman–Crippen MR) is 82.7 cm³/mol. The number of aliphatic hydroxyl groups is 1. The van der Waals surface area contributed by atoms with Gasteiger partial charge in [0.05, 0.1) is 24.0 Å². The van der Waals surface area contributed by atoms with Gasteiger partial charge < -0.3 is 14.7 Å². The van der Waals surface area contributed by atoms with Crippen LogP contribution in [0.15, 0.2) is 23.1 Å². The lowest BCUT2D eigenvalue weighted by Gasteiger charge is -2.21. The largest absolute Gasteiger partial charge is 0.395 e. The third-order valence-corrected chi connectivity index (χ3v) is 4.25. The summed E-state index contributed by atoms with van der Waals surface area (Å²) in [5, 5.41) is 10.1. The normalized spacial score (nSPS) is 10.6. The highest BCUT2D eigenvalue weighted by molar-refractivity contribution is 8.00. The van der Waals surface area contributed by atoms with E-state index >= 15 is 0 Å². The zero-order valence-electron chi connectivity index (χ0n) is 11.1. The molecule has 0 aromatic heterocycles. The van der Waals surface area contributed by atoms with Crippen molar-refractivity contribution in [2.24, 2.45) is 0 Å². The second-order valence-corrected chi connectivity index (χ2v) is 5.82. The zero-order chi connectivity index (χ0) is 15.0. The number of methoxy groups -OCH3 is 1. The topological polar surface area (TPSA) is 49.8 Å². The highest BCUT2D eigenvalue weighted by atomic mass is 35.5. The van der Waals surface area contributed by atoms with Crippen molar-refractivity contribution in [2.45, 2.75) is 4.90 Å². The molecule has 20 heavy (non-hydrogen) atoms. The van der Waals surface area contributed by atoms with Gasteiger partial charge in [-0.1, -0.05) is 23.2 Å². The Kier molecular flexibility index (Phi) is 8.33. The van der Waals surface area contributed by atoms with Gasteiger partial charge in [-0.05, 0) is 18.2 Å². The monoisotopic (exact) mass is 337 g/mol. The van der Waals surface area contributed by atoms with Gasteiger partial charge in [-0.15, -0.1) is 11.8 Å². The van der Waals surface area contributed by atoms with Crippen molar-refractivity contribution in [1.82, 2.24) is 4.90 Å². The van der Waals surface area contributed by atoms with E-state index in [9.17, 15) is 4.79 Å². The smallest absolute Gasteiger partial charge is 0.233 e. The van der Waals surface area contributed by atoms with E-state index in [1.165, 1.54) is 11.8 Å². The van der Waals surface area contributed by atoms with E-state index < -0.39 is 0 Å². The summed E-state index contributed by atoms with van der Waals surface area (Å²) in [5.41, 5.74) is 0. The molecule has 4 nitrogen and oxygen atoms in total. The summed E-state index contributed by atoms with van der Waals surface area (Å²) in [4.78, 5) is 14.4. The lowest BCUT2D eigenvalue weighted by molar-refractivity contribution is -0.129. The minimum absolute atomic E-state index is 0.0714. The van der Waals surface area contributed by atoms with Crippen LogP contribution in [0, 0.1) is 0 Å². The van der Waals surface area contributed by atoms with Gasteiger partial charge in [0.1, 0.15) is 0 Å². The minimum atomic E-state index is -0.0721. The van der Waals surface area contributed by atoms with E-state index in [0.29, 0.717) is 29.7 Å². The molecular formula is C13H17Cl2NO3S. The average molecular weight is 338 g/mol. The van der Waals surface area contributed by atoms with Gasteiger partial charge in [0.15, 0.2) is 0 Å². The maximum atomic E-state index is 12.1. The van der Waals surface area contributed by atoms with Crippen LogP contribution in [0.25, 0.3) is 0 Å². The van der Waals surface area contributed by atoms with Gasteiger partial charge in [0.2, 0.25) is 5.91 Å². The SMILES string of the molecule is COCCN(CCO)C(=O)CSc1cc(Cl)ccc1Cl. The fourth-order valence-corrected chi connectivity index (χ4v) is 2.90. The third-order valence-electron chi connectivity index (χ3n) is 2.53. The fraction of sp³-hybridized carbons (Fsp3) is 0.462. The predicted octanol–water partition coefficient (Wildman–Crippen LogP) is 2.55. The third kappa shape index (κ3) is 5.89. The van der Waals surface area contributed by atoms with Crippen molar-refractivity contribution in [1.29, 1.82) is 0 Å². The number of nitrogens with zero attached hydrogens (tertiary/aromatic N) is 1. The Labute approximate surface area is 133 Å². The van der Waals surface area contributed by atoms with Crippen LogP contribution in [-0.4, -0.2) is 55.1 Å². The molecule has 1 rings (SSSR count). The molecule has 1 amide bonds. The van der Waals surface area contributed by atoms with Gasteiger partial charge in [0, 0.05) is 30.1 Å². The number of hydrogen-bond donors (Lipinski definition) is 1. The molecule has 0 saturated heterocycles. The molecule has 0 saturated carbocycles. The van der Waals surface area contributed by atoms with Crippen molar-refractivity contribution >= 4 is 40.9 Å². The van der Waals surface area contributed by atoms with Crippen LogP contribution in [-0.2, 0) is 9.53 Å². The van der Waals surface area contributed by atoms with E-state index in [-0.39, 0.29) is 18.3 Å². The molecule has 1 aromatic rings. The van der Waals surface area contributed by atoms with Crippen LogP contribution in [0.5, 0.6) is 0 Å². The summed E-state index contributed by atoms with van der Waals surface area (Å²) >= 11 is 13.3. The summed E-state index contributed by atoms with van der Waals surface area (Å²) in [6, 6.07) is 5.13. The Morgan fingerprint density at radius 3 is 2.80 bits per heavy atom. The van der Waals surface area contributed by atoms with Crippen molar-refractivity contribution in [3.05, 3.63) is 28.2 Å². The molecule has 1 aromatic carbocycles. The quantitative estimate of drug-likeness (QED) is 0.740. The molecule has 0 atom stereocenters. The number of ether oxygens (including phenoxy) is 1. The Hall–Kier alpha value is -0.460. The first-order valence-electron chi connectivity index (χ1n) is 6.04. The Morgan fingerprint density at radius 1 is 1.40 bits per heavy atom. The van der Waals surface area contributed by atoms with E-state index in [4.69, 9.17) is 33.0 Å². The molecule has 0 aliphatic rings. The number of carbonyl (C=O) groups is 1. The summed E-state index contributed by atoms with van der Waals surface area (Å²) in [7, 11) is 1.57.